The van der Waals surface area contributed by atoms with Gasteiger partial charge in [-0.25, -0.2) is 0 Å². The van der Waals surface area contributed by atoms with E-state index in [1.807, 2.05) is 12.2 Å². The normalized spacial score (nSPS) is 10.6. The van der Waals surface area contributed by atoms with Crippen LogP contribution in [0.4, 0.5) is 0 Å². The fourth-order valence-electron chi connectivity index (χ4n) is 1.49. The van der Waals surface area contributed by atoms with Crippen LogP contribution in [0, 0.1) is 0 Å². The molecule has 104 valence electrons. The van der Waals surface area contributed by atoms with Crippen molar-refractivity contribution in [2.75, 3.05) is 19.1 Å². The average Bonchev–Trinajstić information content (AvgIpc) is 2.39. The maximum atomic E-state index is 5.53. The van der Waals surface area contributed by atoms with Crippen LogP contribution in [0.2, 0.25) is 0 Å². The number of unbranched alkanes of at least 4 members (excludes halogenated alkanes) is 4. The van der Waals surface area contributed by atoms with Gasteiger partial charge in [-0.15, -0.1) is 17.3 Å². The maximum absolute atomic E-state index is 5.53. The molecule has 0 aliphatic carbocycles. The Morgan fingerprint density at radius 2 is 1.83 bits per heavy atom. The van der Waals surface area contributed by atoms with Crippen LogP contribution in [-0.2, 0) is 4.74 Å². The van der Waals surface area contributed by atoms with Gasteiger partial charge in [-0.2, -0.15) is 0 Å². The Morgan fingerprint density at radius 1 is 1.00 bits per heavy atom. The Kier molecular flexibility index (Phi) is 16.1. The zero-order valence-electron chi connectivity index (χ0n) is 11.7. The SMILES string of the molecule is CCCCCC/C=C\CCOCC=C=CCCCl. The van der Waals surface area contributed by atoms with E-state index in [9.17, 15) is 0 Å². The van der Waals surface area contributed by atoms with Gasteiger partial charge >= 0.3 is 0 Å². The van der Waals surface area contributed by atoms with Crippen molar-refractivity contribution in [2.24, 2.45) is 0 Å². The third-order valence-electron chi connectivity index (χ3n) is 2.51. The molecule has 0 saturated carbocycles. The quantitative estimate of drug-likeness (QED) is 0.203. The molecule has 0 heterocycles. The highest BCUT2D eigenvalue weighted by atomic mass is 35.5. The van der Waals surface area contributed by atoms with Gasteiger partial charge in [-0.3, -0.25) is 0 Å². The van der Waals surface area contributed by atoms with E-state index in [0.717, 1.165) is 19.4 Å². The number of rotatable bonds is 12. The van der Waals surface area contributed by atoms with E-state index in [0.29, 0.717) is 12.5 Å². The van der Waals surface area contributed by atoms with Crippen molar-refractivity contribution in [3.8, 4) is 0 Å². The van der Waals surface area contributed by atoms with Gasteiger partial charge in [0, 0.05) is 5.88 Å². The summed E-state index contributed by atoms with van der Waals surface area (Å²) >= 11 is 5.53. The summed E-state index contributed by atoms with van der Waals surface area (Å²) in [5, 5.41) is 0. The molecule has 0 N–H and O–H groups in total. The number of hydrogen-bond donors (Lipinski definition) is 0. The molecule has 0 aromatic carbocycles. The van der Waals surface area contributed by atoms with E-state index in [1.54, 1.807) is 0 Å². The van der Waals surface area contributed by atoms with Crippen molar-refractivity contribution < 1.29 is 4.74 Å². The van der Waals surface area contributed by atoms with Crippen molar-refractivity contribution in [1.82, 2.24) is 0 Å². The zero-order valence-corrected chi connectivity index (χ0v) is 12.4. The van der Waals surface area contributed by atoms with Crippen LogP contribution in [0.3, 0.4) is 0 Å². The first-order valence-corrected chi connectivity index (χ1v) is 7.63. The Morgan fingerprint density at radius 3 is 2.61 bits per heavy atom. The van der Waals surface area contributed by atoms with Crippen LogP contribution >= 0.6 is 11.6 Å². The molecule has 0 unspecified atom stereocenters. The van der Waals surface area contributed by atoms with E-state index in [1.165, 1.54) is 32.1 Å². The van der Waals surface area contributed by atoms with Gasteiger partial charge in [-0.1, -0.05) is 38.3 Å². The van der Waals surface area contributed by atoms with Crippen molar-refractivity contribution >= 4 is 11.6 Å². The molecule has 0 aromatic rings. The topological polar surface area (TPSA) is 9.23 Å². The number of allylic oxidation sites excluding steroid dienone is 1. The molecule has 18 heavy (non-hydrogen) atoms. The van der Waals surface area contributed by atoms with E-state index in [-0.39, 0.29) is 0 Å². The minimum absolute atomic E-state index is 0.642. The summed E-state index contributed by atoms with van der Waals surface area (Å²) < 4.78 is 5.44. The Bertz CT molecular complexity index is 239. The molecule has 2 heteroatoms. The van der Waals surface area contributed by atoms with Crippen LogP contribution in [-0.4, -0.2) is 19.1 Å². The molecule has 0 aromatic heterocycles. The van der Waals surface area contributed by atoms with E-state index >= 15 is 0 Å². The van der Waals surface area contributed by atoms with Crippen molar-refractivity contribution in [3.63, 3.8) is 0 Å². The van der Waals surface area contributed by atoms with E-state index in [4.69, 9.17) is 16.3 Å². The lowest BCUT2D eigenvalue weighted by molar-refractivity contribution is 0.167. The fourth-order valence-corrected chi connectivity index (χ4v) is 1.60. The maximum Gasteiger partial charge on any atom is 0.0721 e. The van der Waals surface area contributed by atoms with Crippen LogP contribution in [0.15, 0.2) is 30.0 Å². The Balaban J connectivity index is 3.19. The Labute approximate surface area is 118 Å². The van der Waals surface area contributed by atoms with E-state index < -0.39 is 0 Å². The smallest absolute Gasteiger partial charge is 0.0721 e. The summed E-state index contributed by atoms with van der Waals surface area (Å²) in [6.45, 7) is 3.68. The molecule has 0 radical (unpaired) electrons. The number of hydrogen-bond acceptors (Lipinski definition) is 1. The minimum Gasteiger partial charge on any atom is -0.376 e. The van der Waals surface area contributed by atoms with Crippen molar-refractivity contribution in [1.29, 1.82) is 0 Å². The first-order chi connectivity index (χ1) is 8.91. The standard InChI is InChI=1S/C16H27ClO/c1-2-3-4-5-6-7-9-12-15-18-16-13-10-8-11-14-17/h7-9,13H,2-6,11-12,14-16H2,1H3/b9-7-. The van der Waals surface area contributed by atoms with Crippen molar-refractivity contribution in [2.45, 2.75) is 51.9 Å². The van der Waals surface area contributed by atoms with Gasteiger partial charge in [-0.05, 0) is 37.8 Å². The monoisotopic (exact) mass is 270 g/mol. The highest BCUT2D eigenvalue weighted by Gasteiger charge is 1.85. The third-order valence-corrected chi connectivity index (χ3v) is 2.73. The van der Waals surface area contributed by atoms with Gasteiger partial charge < -0.3 is 4.74 Å². The number of ether oxygens (including phenoxy) is 1. The van der Waals surface area contributed by atoms with Crippen LogP contribution in [0.25, 0.3) is 0 Å². The molecule has 0 fully saturated rings. The Hall–Kier alpha value is -0.490. The van der Waals surface area contributed by atoms with Gasteiger partial charge in [0.2, 0.25) is 0 Å². The molecule has 0 saturated heterocycles. The highest BCUT2D eigenvalue weighted by molar-refractivity contribution is 6.17. The van der Waals surface area contributed by atoms with Gasteiger partial charge in [0.15, 0.2) is 0 Å². The minimum atomic E-state index is 0.642. The average molecular weight is 271 g/mol. The van der Waals surface area contributed by atoms with E-state index in [2.05, 4.69) is 24.8 Å². The molecule has 0 amide bonds. The van der Waals surface area contributed by atoms with Gasteiger partial charge in [0.05, 0.1) is 13.2 Å². The van der Waals surface area contributed by atoms with Crippen molar-refractivity contribution in [3.05, 3.63) is 30.0 Å². The molecule has 0 aliphatic rings. The number of alkyl halides is 1. The molecule has 0 aliphatic heterocycles. The predicted molar refractivity (Wildman–Crippen MR) is 81.3 cm³/mol. The molecule has 0 rings (SSSR count). The third kappa shape index (κ3) is 15.5. The van der Waals surface area contributed by atoms with Crippen LogP contribution in [0.1, 0.15) is 51.9 Å². The second-order valence-electron chi connectivity index (χ2n) is 4.24. The summed E-state index contributed by atoms with van der Waals surface area (Å²) in [6, 6.07) is 0. The first-order valence-electron chi connectivity index (χ1n) is 7.10. The lowest BCUT2D eigenvalue weighted by atomic mass is 10.1. The summed E-state index contributed by atoms with van der Waals surface area (Å²) in [6.07, 6.45) is 16.8. The lowest BCUT2D eigenvalue weighted by Crippen LogP contribution is -1.91. The summed E-state index contributed by atoms with van der Waals surface area (Å²) in [5.41, 5.74) is 3.04. The number of halogens is 1. The molecule has 0 atom stereocenters. The highest BCUT2D eigenvalue weighted by Crippen LogP contribution is 2.03. The van der Waals surface area contributed by atoms with Crippen LogP contribution in [0.5, 0.6) is 0 Å². The fraction of sp³-hybridized carbons (Fsp3) is 0.688. The summed E-state index contributed by atoms with van der Waals surface area (Å²) in [4.78, 5) is 0. The second kappa shape index (κ2) is 16.5. The predicted octanol–water partition coefficient (Wildman–Crippen LogP) is 5.26. The summed E-state index contributed by atoms with van der Waals surface area (Å²) in [5.74, 6) is 0.657. The molecular formula is C16H27ClO. The van der Waals surface area contributed by atoms with Gasteiger partial charge in [0.25, 0.3) is 0 Å². The molecular weight excluding hydrogens is 244 g/mol. The van der Waals surface area contributed by atoms with Gasteiger partial charge in [0.1, 0.15) is 0 Å². The first kappa shape index (κ1) is 17.5. The van der Waals surface area contributed by atoms with Crippen LogP contribution < -0.4 is 0 Å². The zero-order chi connectivity index (χ0) is 13.3. The largest absolute Gasteiger partial charge is 0.376 e. The molecule has 0 spiro atoms. The molecule has 0 bridgehead atoms. The molecule has 1 nitrogen and oxygen atoms in total. The second-order valence-corrected chi connectivity index (χ2v) is 4.61. The summed E-state index contributed by atoms with van der Waals surface area (Å²) in [7, 11) is 0. The lowest BCUT2D eigenvalue weighted by Gasteiger charge is -1.96.